The Morgan fingerprint density at radius 1 is 1.27 bits per heavy atom. The summed E-state index contributed by atoms with van der Waals surface area (Å²) < 4.78 is 5.02. The Balaban J connectivity index is 2.51. The zero-order valence-electron chi connectivity index (χ0n) is 9.25. The van der Waals surface area contributed by atoms with Crippen LogP contribution in [0.15, 0.2) is 36.4 Å². The first-order chi connectivity index (χ1) is 7.13. The summed E-state index contributed by atoms with van der Waals surface area (Å²) in [6, 6.07) is 8.04. The van der Waals surface area contributed by atoms with Crippen LogP contribution in [0.4, 0.5) is 0 Å². The van der Waals surface area contributed by atoms with Gasteiger partial charge in [0.25, 0.3) is 0 Å². The lowest BCUT2D eigenvalue weighted by Crippen LogP contribution is -2.04. The van der Waals surface area contributed by atoms with Crippen LogP contribution in [0.5, 0.6) is 0 Å². The zero-order valence-corrected chi connectivity index (χ0v) is 9.25. The predicted molar refractivity (Wildman–Crippen MR) is 60.4 cm³/mol. The van der Waals surface area contributed by atoms with E-state index in [4.69, 9.17) is 4.74 Å². The number of carbonyl (C=O) groups excluding carboxylic acids is 1. The van der Waals surface area contributed by atoms with Crippen LogP contribution in [0.2, 0.25) is 0 Å². The number of hydrogen-bond donors (Lipinski definition) is 0. The van der Waals surface area contributed by atoms with Crippen molar-refractivity contribution in [2.24, 2.45) is 0 Å². The van der Waals surface area contributed by atoms with Crippen LogP contribution >= 0.6 is 0 Å². The van der Waals surface area contributed by atoms with Gasteiger partial charge in [-0.1, -0.05) is 37.8 Å². The maximum absolute atomic E-state index is 11.1. The fraction of sp³-hybridized carbons (Fsp3) is 0.308. The maximum Gasteiger partial charge on any atom is 0.333 e. The lowest BCUT2D eigenvalue weighted by molar-refractivity contribution is -0.140. The van der Waals surface area contributed by atoms with Gasteiger partial charge in [-0.3, -0.25) is 0 Å². The van der Waals surface area contributed by atoms with Gasteiger partial charge >= 0.3 is 5.97 Å². The summed E-state index contributed by atoms with van der Waals surface area (Å²) in [6.45, 7) is 7.58. The van der Waals surface area contributed by atoms with Gasteiger partial charge in [-0.2, -0.15) is 0 Å². The zero-order chi connectivity index (χ0) is 11.3. The van der Waals surface area contributed by atoms with E-state index in [1.54, 1.807) is 6.92 Å². The second kappa shape index (κ2) is 5.35. The van der Waals surface area contributed by atoms with Crippen LogP contribution in [0.3, 0.4) is 0 Å². The highest BCUT2D eigenvalue weighted by atomic mass is 16.5. The van der Waals surface area contributed by atoms with Gasteiger partial charge in [-0.25, -0.2) is 4.79 Å². The van der Waals surface area contributed by atoms with Crippen LogP contribution < -0.4 is 0 Å². The molecule has 80 valence electrons. The SMILES string of the molecule is C=C(C)C(=O)OCc1ccc(CC)cc1. The van der Waals surface area contributed by atoms with Crippen molar-refractivity contribution >= 4 is 5.97 Å². The molecule has 0 aliphatic heterocycles. The normalized spacial score (nSPS) is 9.73. The third-order valence-corrected chi connectivity index (χ3v) is 2.15. The molecule has 0 aliphatic rings. The van der Waals surface area contributed by atoms with Gasteiger partial charge in [0.05, 0.1) is 0 Å². The number of carbonyl (C=O) groups is 1. The molecule has 0 unspecified atom stereocenters. The molecule has 0 atom stereocenters. The van der Waals surface area contributed by atoms with E-state index in [0.717, 1.165) is 12.0 Å². The van der Waals surface area contributed by atoms with Crippen LogP contribution in [0.25, 0.3) is 0 Å². The van der Waals surface area contributed by atoms with Crippen molar-refractivity contribution in [3.8, 4) is 0 Å². The van der Waals surface area contributed by atoms with E-state index in [2.05, 4.69) is 13.5 Å². The molecule has 0 aromatic heterocycles. The number of esters is 1. The Morgan fingerprint density at radius 3 is 2.27 bits per heavy atom. The largest absolute Gasteiger partial charge is 0.457 e. The molecule has 0 saturated heterocycles. The molecule has 2 heteroatoms. The fourth-order valence-electron chi connectivity index (χ4n) is 1.14. The molecule has 0 amide bonds. The number of rotatable bonds is 4. The lowest BCUT2D eigenvalue weighted by atomic mass is 10.1. The molecular weight excluding hydrogens is 188 g/mol. The van der Waals surface area contributed by atoms with Gasteiger partial charge in [0, 0.05) is 5.57 Å². The van der Waals surface area contributed by atoms with E-state index in [0.29, 0.717) is 12.2 Å². The quantitative estimate of drug-likeness (QED) is 0.557. The van der Waals surface area contributed by atoms with E-state index in [1.165, 1.54) is 5.56 Å². The van der Waals surface area contributed by atoms with Crippen LogP contribution in [-0.4, -0.2) is 5.97 Å². The molecule has 0 bridgehead atoms. The highest BCUT2D eigenvalue weighted by Crippen LogP contribution is 2.07. The summed E-state index contributed by atoms with van der Waals surface area (Å²) in [5.41, 5.74) is 2.71. The Bertz CT molecular complexity index is 349. The summed E-state index contributed by atoms with van der Waals surface area (Å²) in [5, 5.41) is 0. The Kier molecular flexibility index (Phi) is 4.10. The summed E-state index contributed by atoms with van der Waals surface area (Å²) in [7, 11) is 0. The van der Waals surface area contributed by atoms with Gasteiger partial charge in [0.15, 0.2) is 0 Å². The molecule has 0 radical (unpaired) electrons. The smallest absolute Gasteiger partial charge is 0.333 e. The summed E-state index contributed by atoms with van der Waals surface area (Å²) >= 11 is 0. The second-order valence-electron chi connectivity index (χ2n) is 3.53. The first-order valence-corrected chi connectivity index (χ1v) is 5.04. The molecule has 0 aliphatic carbocycles. The standard InChI is InChI=1S/C13H16O2/c1-4-11-5-7-12(8-6-11)9-15-13(14)10(2)3/h5-8H,2,4,9H2,1,3H3. The molecule has 0 spiro atoms. The van der Waals surface area contributed by atoms with Crippen molar-refractivity contribution in [3.05, 3.63) is 47.5 Å². The topological polar surface area (TPSA) is 26.3 Å². The Hall–Kier alpha value is -1.57. The van der Waals surface area contributed by atoms with Crippen LogP contribution in [0.1, 0.15) is 25.0 Å². The van der Waals surface area contributed by atoms with Crippen molar-refractivity contribution in [1.82, 2.24) is 0 Å². The monoisotopic (exact) mass is 204 g/mol. The summed E-state index contributed by atoms with van der Waals surface area (Å²) in [6.07, 6.45) is 1.02. The van der Waals surface area contributed by atoms with E-state index in [9.17, 15) is 4.79 Å². The number of benzene rings is 1. The van der Waals surface area contributed by atoms with Gasteiger partial charge in [-0.15, -0.1) is 0 Å². The molecule has 0 N–H and O–H groups in total. The summed E-state index contributed by atoms with van der Waals surface area (Å²) in [4.78, 5) is 11.1. The average molecular weight is 204 g/mol. The molecule has 1 rings (SSSR count). The van der Waals surface area contributed by atoms with E-state index >= 15 is 0 Å². The first-order valence-electron chi connectivity index (χ1n) is 5.04. The molecule has 15 heavy (non-hydrogen) atoms. The van der Waals surface area contributed by atoms with Crippen LogP contribution in [-0.2, 0) is 22.6 Å². The number of hydrogen-bond acceptors (Lipinski definition) is 2. The van der Waals surface area contributed by atoms with Crippen molar-refractivity contribution in [3.63, 3.8) is 0 Å². The molecule has 0 heterocycles. The first kappa shape index (κ1) is 11.5. The molecule has 1 aromatic rings. The van der Waals surface area contributed by atoms with Gasteiger partial charge in [-0.05, 0) is 24.5 Å². The van der Waals surface area contributed by atoms with Gasteiger partial charge < -0.3 is 4.74 Å². The van der Waals surface area contributed by atoms with E-state index in [-0.39, 0.29) is 5.97 Å². The van der Waals surface area contributed by atoms with Crippen molar-refractivity contribution in [2.45, 2.75) is 26.9 Å². The minimum absolute atomic E-state index is 0.315. The highest BCUT2D eigenvalue weighted by molar-refractivity contribution is 5.86. The summed E-state index contributed by atoms with van der Waals surface area (Å²) in [5.74, 6) is -0.338. The van der Waals surface area contributed by atoms with Crippen LogP contribution in [0, 0.1) is 0 Å². The average Bonchev–Trinajstić information content (AvgIpc) is 2.26. The molecule has 0 saturated carbocycles. The predicted octanol–water partition coefficient (Wildman–Crippen LogP) is 2.87. The number of ether oxygens (including phenoxy) is 1. The third-order valence-electron chi connectivity index (χ3n) is 2.15. The van der Waals surface area contributed by atoms with Crippen molar-refractivity contribution in [2.75, 3.05) is 0 Å². The van der Waals surface area contributed by atoms with Gasteiger partial charge in [0.1, 0.15) is 6.61 Å². The van der Waals surface area contributed by atoms with Crippen molar-refractivity contribution in [1.29, 1.82) is 0 Å². The number of aryl methyl sites for hydroxylation is 1. The third kappa shape index (κ3) is 3.58. The van der Waals surface area contributed by atoms with Gasteiger partial charge in [0.2, 0.25) is 0 Å². The van der Waals surface area contributed by atoms with Crippen molar-refractivity contribution < 1.29 is 9.53 Å². The highest BCUT2D eigenvalue weighted by Gasteiger charge is 2.02. The second-order valence-corrected chi connectivity index (χ2v) is 3.53. The molecule has 2 nitrogen and oxygen atoms in total. The minimum atomic E-state index is -0.338. The molecular formula is C13H16O2. The molecule has 1 aromatic carbocycles. The molecule has 0 fully saturated rings. The Labute approximate surface area is 90.6 Å². The maximum atomic E-state index is 11.1. The van der Waals surface area contributed by atoms with E-state index < -0.39 is 0 Å². The lowest BCUT2D eigenvalue weighted by Gasteiger charge is -2.04. The fourth-order valence-corrected chi connectivity index (χ4v) is 1.14. The van der Waals surface area contributed by atoms with E-state index in [1.807, 2.05) is 24.3 Å². The minimum Gasteiger partial charge on any atom is -0.457 e. The Morgan fingerprint density at radius 2 is 1.80 bits per heavy atom.